The maximum Gasteiger partial charge on any atom is 0.112 e. The molecule has 0 spiro atoms. The van der Waals surface area contributed by atoms with Crippen molar-refractivity contribution in [2.75, 3.05) is 0 Å². The molecule has 1 heteroatoms. The van der Waals surface area contributed by atoms with E-state index in [0.29, 0.717) is 6.42 Å². The van der Waals surface area contributed by atoms with E-state index in [-0.39, 0.29) is 0 Å². The summed E-state index contributed by atoms with van der Waals surface area (Å²) in [7, 11) is 0. The highest BCUT2D eigenvalue weighted by atomic mass is 16.3. The van der Waals surface area contributed by atoms with Gasteiger partial charge in [-0.15, -0.1) is 0 Å². The molecule has 0 radical (unpaired) electrons. The summed E-state index contributed by atoms with van der Waals surface area (Å²) in [6.45, 7) is 0. The van der Waals surface area contributed by atoms with Gasteiger partial charge in [-0.3, -0.25) is 0 Å². The predicted octanol–water partition coefficient (Wildman–Crippen LogP) is 4.31. The van der Waals surface area contributed by atoms with Gasteiger partial charge in [0.25, 0.3) is 0 Å². The highest BCUT2D eigenvalue weighted by Crippen LogP contribution is 2.41. The summed E-state index contributed by atoms with van der Waals surface area (Å²) in [5.41, 5.74) is 4.83. The maximum absolute atomic E-state index is 11.1. The standard InChI is InChI=1S/C20H16O/c21-20(18-7-2-1-3-8-18)12-11-16-10-9-15-5-4-6-17(13-15)19(16)14-20/h1-13,21H,14H2. The lowest BCUT2D eigenvalue weighted by Gasteiger charge is -2.30. The van der Waals surface area contributed by atoms with E-state index in [1.165, 1.54) is 22.3 Å². The van der Waals surface area contributed by atoms with Crippen LogP contribution in [0.25, 0.3) is 11.6 Å². The molecule has 2 aromatic carbocycles. The fraction of sp³-hybridized carbons (Fsp3) is 0.100. The Bertz CT molecular complexity index is 780. The van der Waals surface area contributed by atoms with Crippen molar-refractivity contribution >= 4 is 11.6 Å². The molecule has 0 aliphatic heterocycles. The fourth-order valence-electron chi connectivity index (χ4n) is 3.12. The molecular formula is C20H16O. The van der Waals surface area contributed by atoms with Gasteiger partial charge in [-0.1, -0.05) is 66.8 Å². The molecule has 4 rings (SSSR count). The number of fused-ring (bicyclic) bond motifs is 3. The number of aliphatic hydroxyl groups is 1. The number of hydrogen-bond acceptors (Lipinski definition) is 1. The van der Waals surface area contributed by atoms with Gasteiger partial charge in [0.1, 0.15) is 5.60 Å². The van der Waals surface area contributed by atoms with Crippen LogP contribution in [-0.2, 0) is 5.60 Å². The van der Waals surface area contributed by atoms with E-state index in [4.69, 9.17) is 0 Å². The number of rotatable bonds is 1. The van der Waals surface area contributed by atoms with Crippen molar-refractivity contribution in [3.63, 3.8) is 0 Å². The van der Waals surface area contributed by atoms with Crippen molar-refractivity contribution < 1.29 is 5.11 Å². The molecule has 2 aliphatic carbocycles. The Kier molecular flexibility index (Phi) is 2.69. The molecule has 1 N–H and O–H groups in total. The Morgan fingerprint density at radius 2 is 1.71 bits per heavy atom. The molecule has 0 amide bonds. The molecular weight excluding hydrogens is 256 g/mol. The average molecular weight is 272 g/mol. The molecule has 2 aliphatic rings. The van der Waals surface area contributed by atoms with Gasteiger partial charge in [0, 0.05) is 6.42 Å². The Morgan fingerprint density at radius 3 is 2.57 bits per heavy atom. The highest BCUT2D eigenvalue weighted by Gasteiger charge is 2.31. The third-order valence-electron chi connectivity index (χ3n) is 4.30. The van der Waals surface area contributed by atoms with Crippen LogP contribution in [0.5, 0.6) is 0 Å². The van der Waals surface area contributed by atoms with Gasteiger partial charge in [0.15, 0.2) is 0 Å². The SMILES string of the molecule is OC1(c2ccccc2)C=CC2=C(C1)c1cccc(c1)C=C2. The lowest BCUT2D eigenvalue weighted by molar-refractivity contribution is 0.0941. The summed E-state index contributed by atoms with van der Waals surface area (Å²) in [5, 5.41) is 11.1. The predicted molar refractivity (Wildman–Crippen MR) is 86.5 cm³/mol. The molecule has 102 valence electrons. The first-order chi connectivity index (χ1) is 10.2. The largest absolute Gasteiger partial charge is 0.381 e. The molecule has 0 saturated heterocycles. The summed E-state index contributed by atoms with van der Waals surface area (Å²) < 4.78 is 0. The van der Waals surface area contributed by atoms with E-state index in [2.05, 4.69) is 36.4 Å². The quantitative estimate of drug-likeness (QED) is 0.820. The topological polar surface area (TPSA) is 20.2 Å². The molecule has 1 unspecified atom stereocenters. The molecule has 2 bridgehead atoms. The Balaban J connectivity index is 1.81. The van der Waals surface area contributed by atoms with Gasteiger partial charge in [0.2, 0.25) is 0 Å². The van der Waals surface area contributed by atoms with Gasteiger partial charge in [-0.05, 0) is 40.0 Å². The summed E-state index contributed by atoms with van der Waals surface area (Å²) in [6.07, 6.45) is 8.83. The van der Waals surface area contributed by atoms with Crippen molar-refractivity contribution in [2.45, 2.75) is 12.0 Å². The third kappa shape index (κ3) is 2.07. The average Bonchev–Trinajstić information content (AvgIpc) is 2.65. The summed E-state index contributed by atoms with van der Waals surface area (Å²) in [6, 6.07) is 18.4. The summed E-state index contributed by atoms with van der Waals surface area (Å²) in [5.74, 6) is 0. The van der Waals surface area contributed by atoms with E-state index in [9.17, 15) is 5.11 Å². The van der Waals surface area contributed by atoms with Crippen LogP contribution >= 0.6 is 0 Å². The second-order valence-electron chi connectivity index (χ2n) is 5.69. The van der Waals surface area contributed by atoms with Gasteiger partial charge in [-0.25, -0.2) is 0 Å². The molecule has 0 fully saturated rings. The van der Waals surface area contributed by atoms with Crippen molar-refractivity contribution in [1.82, 2.24) is 0 Å². The smallest absolute Gasteiger partial charge is 0.112 e. The molecule has 2 aromatic rings. The fourth-order valence-corrected chi connectivity index (χ4v) is 3.12. The van der Waals surface area contributed by atoms with Crippen molar-refractivity contribution in [2.24, 2.45) is 0 Å². The first-order valence-electron chi connectivity index (χ1n) is 7.23. The lowest BCUT2D eigenvalue weighted by Crippen LogP contribution is -2.25. The third-order valence-corrected chi connectivity index (χ3v) is 4.30. The normalized spacial score (nSPS) is 22.9. The summed E-state index contributed by atoms with van der Waals surface area (Å²) in [4.78, 5) is 0. The van der Waals surface area contributed by atoms with Crippen LogP contribution in [0.4, 0.5) is 0 Å². The van der Waals surface area contributed by atoms with E-state index in [1.54, 1.807) is 0 Å². The highest BCUT2D eigenvalue weighted by molar-refractivity contribution is 5.81. The Hall–Kier alpha value is -2.38. The van der Waals surface area contributed by atoms with Crippen LogP contribution in [0.2, 0.25) is 0 Å². The van der Waals surface area contributed by atoms with Crippen LogP contribution in [0.3, 0.4) is 0 Å². The van der Waals surface area contributed by atoms with Gasteiger partial charge in [-0.2, -0.15) is 0 Å². The molecule has 0 saturated carbocycles. The summed E-state index contributed by atoms with van der Waals surface area (Å²) >= 11 is 0. The minimum absolute atomic E-state index is 0.608. The second-order valence-corrected chi connectivity index (χ2v) is 5.69. The van der Waals surface area contributed by atoms with E-state index in [1.807, 2.05) is 42.5 Å². The van der Waals surface area contributed by atoms with E-state index < -0.39 is 5.60 Å². The van der Waals surface area contributed by atoms with E-state index in [0.717, 1.165) is 5.56 Å². The van der Waals surface area contributed by atoms with Gasteiger partial charge >= 0.3 is 0 Å². The Labute approximate surface area is 124 Å². The second kappa shape index (κ2) is 4.57. The number of benzene rings is 2. The number of hydrogen-bond donors (Lipinski definition) is 1. The molecule has 21 heavy (non-hydrogen) atoms. The monoisotopic (exact) mass is 272 g/mol. The minimum Gasteiger partial charge on any atom is -0.381 e. The van der Waals surface area contributed by atoms with Crippen LogP contribution in [0, 0.1) is 0 Å². The number of allylic oxidation sites excluding steroid dienone is 3. The zero-order valence-corrected chi connectivity index (χ0v) is 11.7. The lowest BCUT2D eigenvalue weighted by atomic mass is 9.79. The maximum atomic E-state index is 11.1. The zero-order valence-electron chi connectivity index (χ0n) is 11.7. The first-order valence-corrected chi connectivity index (χ1v) is 7.23. The van der Waals surface area contributed by atoms with Gasteiger partial charge < -0.3 is 5.11 Å². The van der Waals surface area contributed by atoms with Crippen molar-refractivity contribution in [3.05, 3.63) is 95.1 Å². The van der Waals surface area contributed by atoms with Crippen LogP contribution in [0.15, 0.2) is 78.4 Å². The molecule has 1 atom stereocenters. The Morgan fingerprint density at radius 1 is 0.857 bits per heavy atom. The van der Waals surface area contributed by atoms with Gasteiger partial charge in [0.05, 0.1) is 0 Å². The molecule has 0 aromatic heterocycles. The van der Waals surface area contributed by atoms with Crippen molar-refractivity contribution in [1.29, 1.82) is 0 Å². The van der Waals surface area contributed by atoms with E-state index >= 15 is 0 Å². The van der Waals surface area contributed by atoms with Crippen LogP contribution in [0.1, 0.15) is 23.1 Å². The van der Waals surface area contributed by atoms with Crippen LogP contribution in [-0.4, -0.2) is 5.11 Å². The molecule has 1 nitrogen and oxygen atoms in total. The minimum atomic E-state index is -0.922. The zero-order chi connectivity index (χ0) is 14.3. The molecule has 0 heterocycles. The first kappa shape index (κ1) is 12.4. The van der Waals surface area contributed by atoms with Crippen molar-refractivity contribution in [3.8, 4) is 0 Å². The van der Waals surface area contributed by atoms with Crippen LogP contribution < -0.4 is 0 Å².